The molecule has 44 heavy (non-hydrogen) atoms. The van der Waals surface area contributed by atoms with Crippen LogP contribution in [0.1, 0.15) is 67.4 Å². The summed E-state index contributed by atoms with van der Waals surface area (Å²) in [6.07, 6.45) is -3.37. The maximum atomic E-state index is 14.0. The zero-order valence-corrected chi connectivity index (χ0v) is 26.7. The number of carbonyl (C=O) groups excluding carboxylic acids is 3. The van der Waals surface area contributed by atoms with Crippen LogP contribution in [-0.2, 0) is 15.7 Å². The largest absolute Gasteiger partial charge is 0.496 e. The number of rotatable bonds is 5. The van der Waals surface area contributed by atoms with Crippen molar-refractivity contribution in [1.82, 2.24) is 14.7 Å². The number of likely N-dealkylation sites (tertiary alicyclic amines) is 2. The minimum atomic E-state index is -4.74. The lowest BCUT2D eigenvalue weighted by Gasteiger charge is -2.37. The van der Waals surface area contributed by atoms with Crippen LogP contribution in [0.4, 0.5) is 18.0 Å². The second-order valence-corrected chi connectivity index (χ2v) is 12.9. The molecule has 2 saturated heterocycles. The van der Waals surface area contributed by atoms with Gasteiger partial charge in [-0.1, -0.05) is 29.3 Å². The summed E-state index contributed by atoms with van der Waals surface area (Å²) >= 11 is 12.5. The van der Waals surface area contributed by atoms with Crippen molar-refractivity contribution in [1.29, 1.82) is 0 Å². The highest BCUT2D eigenvalue weighted by molar-refractivity contribution is 6.42. The Kier molecular flexibility index (Phi) is 9.99. The number of ether oxygens (including phenoxy) is 2. The molecule has 0 radical (unpaired) electrons. The lowest BCUT2D eigenvalue weighted by molar-refractivity contribution is -0.139. The Balaban J connectivity index is 1.66. The number of likely N-dealkylation sites (N-methyl/N-ethyl adjacent to an activating group) is 1. The molecule has 2 aromatic rings. The molecule has 240 valence electrons. The number of hydrogen-bond donors (Lipinski definition) is 0. The lowest BCUT2D eigenvalue weighted by atomic mass is 9.93. The van der Waals surface area contributed by atoms with Gasteiger partial charge in [-0.2, -0.15) is 13.2 Å². The van der Waals surface area contributed by atoms with Crippen LogP contribution in [0.15, 0.2) is 36.4 Å². The fourth-order valence-electron chi connectivity index (χ4n) is 5.78. The first-order valence-corrected chi connectivity index (χ1v) is 15.0. The van der Waals surface area contributed by atoms with Crippen LogP contribution in [-0.4, -0.2) is 84.1 Å². The molecule has 8 nitrogen and oxygen atoms in total. The average Bonchev–Trinajstić information content (AvgIpc) is 3.41. The SMILES string of the molecule is COc1ccc(C(=O)N(C)C2CN(C(=O)C3CCCCN3C(=O)OC(C)(C)C)CC2c2ccc(Cl)c(Cl)c2)cc1C(F)(F)F. The average molecular weight is 659 g/mol. The van der Waals surface area contributed by atoms with Crippen molar-refractivity contribution in [2.24, 2.45) is 0 Å². The highest BCUT2D eigenvalue weighted by Crippen LogP contribution is 2.39. The molecule has 0 spiro atoms. The second kappa shape index (κ2) is 13.0. The first-order chi connectivity index (χ1) is 20.5. The normalized spacial score (nSPS) is 20.8. The van der Waals surface area contributed by atoms with E-state index in [1.54, 1.807) is 43.9 Å². The Bertz CT molecular complexity index is 1410. The van der Waals surface area contributed by atoms with Gasteiger partial charge in [-0.3, -0.25) is 14.5 Å². The third-order valence-corrected chi connectivity index (χ3v) is 8.70. The van der Waals surface area contributed by atoms with Crippen molar-refractivity contribution in [3.8, 4) is 5.75 Å². The molecule has 0 aliphatic carbocycles. The molecule has 2 heterocycles. The Morgan fingerprint density at radius 1 is 0.977 bits per heavy atom. The van der Waals surface area contributed by atoms with Gasteiger partial charge >= 0.3 is 12.3 Å². The highest BCUT2D eigenvalue weighted by Gasteiger charge is 2.45. The van der Waals surface area contributed by atoms with Gasteiger partial charge in [0.25, 0.3) is 5.91 Å². The van der Waals surface area contributed by atoms with Crippen molar-refractivity contribution in [2.75, 3.05) is 33.8 Å². The maximum absolute atomic E-state index is 14.0. The van der Waals surface area contributed by atoms with Crippen LogP contribution in [0.2, 0.25) is 10.0 Å². The molecule has 2 aliphatic rings. The van der Waals surface area contributed by atoms with E-state index in [9.17, 15) is 27.6 Å². The summed E-state index contributed by atoms with van der Waals surface area (Å²) < 4.78 is 51.6. The van der Waals surface area contributed by atoms with E-state index in [4.69, 9.17) is 32.7 Å². The number of piperidine rings is 1. The predicted octanol–water partition coefficient (Wildman–Crippen LogP) is 6.88. The Labute approximate surface area is 265 Å². The molecule has 3 unspecified atom stereocenters. The van der Waals surface area contributed by atoms with E-state index in [-0.39, 0.29) is 29.6 Å². The second-order valence-electron chi connectivity index (χ2n) is 12.1. The van der Waals surface area contributed by atoms with Crippen LogP contribution in [0.5, 0.6) is 5.75 Å². The first kappa shape index (κ1) is 33.7. The maximum Gasteiger partial charge on any atom is 0.419 e. The summed E-state index contributed by atoms with van der Waals surface area (Å²) in [5.41, 5.74) is -1.28. The summed E-state index contributed by atoms with van der Waals surface area (Å²) in [5, 5.41) is 0.616. The molecule has 0 aromatic heterocycles. The van der Waals surface area contributed by atoms with E-state index in [2.05, 4.69) is 0 Å². The van der Waals surface area contributed by atoms with Crippen molar-refractivity contribution in [3.05, 3.63) is 63.1 Å². The minimum Gasteiger partial charge on any atom is -0.496 e. The van der Waals surface area contributed by atoms with E-state index < -0.39 is 53.1 Å². The number of methoxy groups -OCH3 is 1. The molecule has 13 heteroatoms. The topological polar surface area (TPSA) is 79.4 Å². The van der Waals surface area contributed by atoms with Crippen LogP contribution >= 0.6 is 23.2 Å². The van der Waals surface area contributed by atoms with Gasteiger partial charge in [-0.15, -0.1) is 0 Å². The van der Waals surface area contributed by atoms with Gasteiger partial charge in [-0.05, 0) is 75.9 Å². The van der Waals surface area contributed by atoms with Gasteiger partial charge in [0.05, 0.1) is 28.8 Å². The monoisotopic (exact) mass is 657 g/mol. The van der Waals surface area contributed by atoms with E-state index in [0.717, 1.165) is 32.1 Å². The van der Waals surface area contributed by atoms with Crippen LogP contribution in [0, 0.1) is 0 Å². The van der Waals surface area contributed by atoms with Crippen LogP contribution in [0.3, 0.4) is 0 Å². The summed E-state index contributed by atoms with van der Waals surface area (Å²) in [4.78, 5) is 45.1. The number of benzene rings is 2. The van der Waals surface area contributed by atoms with Crippen molar-refractivity contribution >= 4 is 41.1 Å². The lowest BCUT2D eigenvalue weighted by Crippen LogP contribution is -2.54. The van der Waals surface area contributed by atoms with E-state index >= 15 is 0 Å². The van der Waals surface area contributed by atoms with E-state index in [1.807, 2.05) is 0 Å². The number of carbonyl (C=O) groups is 3. The summed E-state index contributed by atoms with van der Waals surface area (Å²) in [6, 6.07) is 6.82. The first-order valence-electron chi connectivity index (χ1n) is 14.3. The fraction of sp³-hybridized carbons (Fsp3) is 0.516. The van der Waals surface area contributed by atoms with Gasteiger partial charge < -0.3 is 19.3 Å². The molecule has 3 amide bonds. The fourth-order valence-corrected chi connectivity index (χ4v) is 6.09. The van der Waals surface area contributed by atoms with Gasteiger partial charge in [0.1, 0.15) is 17.4 Å². The predicted molar refractivity (Wildman–Crippen MR) is 160 cm³/mol. The van der Waals surface area contributed by atoms with Crippen molar-refractivity contribution < 1.29 is 37.0 Å². The molecule has 3 atom stereocenters. The molecule has 2 aromatic carbocycles. The summed E-state index contributed by atoms with van der Waals surface area (Å²) in [6.45, 7) is 5.92. The summed E-state index contributed by atoms with van der Waals surface area (Å²) in [5.74, 6) is -1.78. The Morgan fingerprint density at radius 3 is 2.30 bits per heavy atom. The molecule has 0 bridgehead atoms. The van der Waals surface area contributed by atoms with Crippen LogP contribution in [0.25, 0.3) is 0 Å². The molecule has 2 fully saturated rings. The van der Waals surface area contributed by atoms with Gasteiger partial charge in [0.2, 0.25) is 5.91 Å². The Hall–Kier alpha value is -3.18. The molecular weight excluding hydrogens is 622 g/mol. The minimum absolute atomic E-state index is 0.0902. The van der Waals surface area contributed by atoms with Gasteiger partial charge in [0.15, 0.2) is 0 Å². The quantitative estimate of drug-likeness (QED) is 0.350. The third kappa shape index (κ3) is 7.37. The van der Waals surface area contributed by atoms with E-state index in [1.165, 1.54) is 22.9 Å². The van der Waals surface area contributed by atoms with Crippen molar-refractivity contribution in [3.63, 3.8) is 0 Å². The van der Waals surface area contributed by atoms with Gasteiger partial charge in [0, 0.05) is 38.2 Å². The molecule has 2 aliphatic heterocycles. The number of nitrogens with zero attached hydrogens (tertiary/aromatic N) is 3. The molecule has 4 rings (SSSR count). The number of amides is 3. The zero-order valence-electron chi connectivity index (χ0n) is 25.2. The number of hydrogen-bond acceptors (Lipinski definition) is 5. The zero-order chi connectivity index (χ0) is 32.6. The Morgan fingerprint density at radius 2 is 1.68 bits per heavy atom. The van der Waals surface area contributed by atoms with Crippen molar-refractivity contribution in [2.45, 2.75) is 69.8 Å². The number of alkyl halides is 3. The smallest absolute Gasteiger partial charge is 0.419 e. The molecule has 0 saturated carbocycles. The third-order valence-electron chi connectivity index (χ3n) is 7.96. The molecule has 0 N–H and O–H groups in total. The molecular formula is C31H36Cl2F3N3O5. The standard InChI is InChI=1S/C31H36Cl2F3N3O5/c1-30(2,3)44-29(42)39-13-7-6-8-24(39)28(41)38-16-20(18-9-11-22(32)23(33)15-18)25(17-38)37(4)27(40)19-10-12-26(43-5)21(14-19)31(34,35)36/h9-12,14-15,20,24-25H,6-8,13,16-17H2,1-5H3. The highest BCUT2D eigenvalue weighted by atomic mass is 35.5. The van der Waals surface area contributed by atoms with Gasteiger partial charge in [-0.25, -0.2) is 4.79 Å². The van der Waals surface area contributed by atoms with Crippen LogP contribution < -0.4 is 4.74 Å². The number of halogens is 5. The summed E-state index contributed by atoms with van der Waals surface area (Å²) in [7, 11) is 2.62. The van der Waals surface area contributed by atoms with E-state index in [0.29, 0.717) is 23.6 Å².